The summed E-state index contributed by atoms with van der Waals surface area (Å²) >= 11 is 4.04. The first-order valence-electron chi connectivity index (χ1n) is 6.73. The molecule has 2 heterocycles. The van der Waals surface area contributed by atoms with Crippen LogP contribution < -0.4 is 5.32 Å². The van der Waals surface area contributed by atoms with Crippen molar-refractivity contribution in [2.45, 2.75) is 12.2 Å². The maximum absolute atomic E-state index is 13.8. The molecule has 106 valence electrons. The number of rotatable bonds is 3. The molecule has 0 aliphatic carbocycles. The van der Waals surface area contributed by atoms with Crippen LogP contribution in [0.25, 0.3) is 10.9 Å². The minimum atomic E-state index is -0.253. The van der Waals surface area contributed by atoms with Crippen LogP contribution in [0, 0.1) is 12.7 Å². The molecule has 5 heteroatoms. The van der Waals surface area contributed by atoms with Crippen molar-refractivity contribution in [2.75, 3.05) is 29.1 Å². The average Bonchev–Trinajstić information content (AvgIpc) is 2.47. The molecule has 0 radical (unpaired) electrons. The van der Waals surface area contributed by atoms with Crippen LogP contribution in [0.5, 0.6) is 0 Å². The van der Waals surface area contributed by atoms with Crippen molar-refractivity contribution in [1.29, 1.82) is 0 Å². The standard InChI is InChI=1S/C15H17FN2S2/c1-10-7-14(17-8-11-9-19-5-6-20-11)12-3-2-4-13(16)15(12)18-10/h2-4,7,11H,5-6,8-9H2,1H3,(H,17,18). The van der Waals surface area contributed by atoms with E-state index in [2.05, 4.69) is 10.3 Å². The molecule has 1 N–H and O–H groups in total. The Morgan fingerprint density at radius 3 is 3.10 bits per heavy atom. The van der Waals surface area contributed by atoms with Gasteiger partial charge < -0.3 is 5.32 Å². The van der Waals surface area contributed by atoms with E-state index in [4.69, 9.17) is 0 Å². The quantitative estimate of drug-likeness (QED) is 0.928. The molecular formula is C15H17FN2S2. The number of halogens is 1. The number of aryl methyl sites for hydroxylation is 1. The van der Waals surface area contributed by atoms with E-state index in [1.54, 1.807) is 6.07 Å². The number of hydrogen-bond acceptors (Lipinski definition) is 4. The molecule has 2 nitrogen and oxygen atoms in total. The molecule has 20 heavy (non-hydrogen) atoms. The Morgan fingerprint density at radius 2 is 2.30 bits per heavy atom. The van der Waals surface area contributed by atoms with Gasteiger partial charge in [0, 0.05) is 45.8 Å². The van der Waals surface area contributed by atoms with E-state index in [-0.39, 0.29) is 5.82 Å². The van der Waals surface area contributed by atoms with Crippen molar-refractivity contribution in [3.05, 3.63) is 35.8 Å². The van der Waals surface area contributed by atoms with Crippen LogP contribution in [-0.2, 0) is 0 Å². The molecule has 1 unspecified atom stereocenters. The Labute approximate surface area is 126 Å². The summed E-state index contributed by atoms with van der Waals surface area (Å²) in [6.45, 7) is 2.83. The molecule has 1 saturated heterocycles. The number of benzene rings is 1. The first-order chi connectivity index (χ1) is 9.74. The molecule has 1 fully saturated rings. The second-order valence-electron chi connectivity index (χ2n) is 4.90. The molecule has 3 rings (SSSR count). The molecule has 0 spiro atoms. The van der Waals surface area contributed by atoms with Crippen molar-refractivity contribution in [1.82, 2.24) is 4.98 Å². The van der Waals surface area contributed by atoms with Crippen molar-refractivity contribution >= 4 is 40.1 Å². The maximum atomic E-state index is 13.8. The van der Waals surface area contributed by atoms with Crippen LogP contribution in [0.1, 0.15) is 5.69 Å². The van der Waals surface area contributed by atoms with E-state index in [1.807, 2.05) is 42.6 Å². The highest BCUT2D eigenvalue weighted by Crippen LogP contribution is 2.27. The summed E-state index contributed by atoms with van der Waals surface area (Å²) in [5, 5.41) is 4.98. The zero-order valence-electron chi connectivity index (χ0n) is 11.4. The summed E-state index contributed by atoms with van der Waals surface area (Å²) in [5.41, 5.74) is 2.29. The molecule has 2 aromatic rings. The number of pyridine rings is 1. The van der Waals surface area contributed by atoms with Gasteiger partial charge in [-0.05, 0) is 19.1 Å². The number of nitrogens with zero attached hydrogens (tertiary/aromatic N) is 1. The minimum Gasteiger partial charge on any atom is -0.383 e. The number of hydrogen-bond donors (Lipinski definition) is 1. The third kappa shape index (κ3) is 3.04. The summed E-state index contributed by atoms with van der Waals surface area (Å²) in [6, 6.07) is 7.13. The van der Waals surface area contributed by atoms with Gasteiger partial charge in [0.25, 0.3) is 0 Å². The van der Waals surface area contributed by atoms with Gasteiger partial charge in [-0.1, -0.05) is 12.1 Å². The van der Waals surface area contributed by atoms with Gasteiger partial charge in [-0.2, -0.15) is 23.5 Å². The number of nitrogens with one attached hydrogen (secondary N) is 1. The lowest BCUT2D eigenvalue weighted by Gasteiger charge is -2.22. The molecule has 1 atom stereocenters. The van der Waals surface area contributed by atoms with Gasteiger partial charge in [-0.3, -0.25) is 0 Å². The molecule has 0 amide bonds. The van der Waals surface area contributed by atoms with Gasteiger partial charge >= 0.3 is 0 Å². The fraction of sp³-hybridized carbons (Fsp3) is 0.400. The number of aromatic nitrogens is 1. The Morgan fingerprint density at radius 1 is 1.40 bits per heavy atom. The SMILES string of the molecule is Cc1cc(NCC2CSCCS2)c2cccc(F)c2n1. The zero-order valence-corrected chi connectivity index (χ0v) is 13.0. The van der Waals surface area contributed by atoms with E-state index >= 15 is 0 Å². The summed E-state index contributed by atoms with van der Waals surface area (Å²) in [6.07, 6.45) is 0. The highest BCUT2D eigenvalue weighted by atomic mass is 32.2. The molecule has 0 bridgehead atoms. The normalized spacial score (nSPS) is 19.2. The smallest absolute Gasteiger partial charge is 0.149 e. The van der Waals surface area contributed by atoms with Crippen molar-refractivity contribution < 1.29 is 4.39 Å². The molecule has 1 aliphatic rings. The fourth-order valence-electron chi connectivity index (χ4n) is 2.37. The molecule has 1 aromatic carbocycles. The van der Waals surface area contributed by atoms with Gasteiger partial charge in [0.05, 0.1) is 0 Å². The Bertz CT molecular complexity index is 612. The lowest BCUT2D eigenvalue weighted by molar-refractivity contribution is 0.636. The Kier molecular flexibility index (Phi) is 4.36. The molecule has 1 aromatic heterocycles. The molecular weight excluding hydrogens is 291 g/mol. The minimum absolute atomic E-state index is 0.253. The van der Waals surface area contributed by atoms with Gasteiger partial charge in [0.2, 0.25) is 0 Å². The predicted molar refractivity (Wildman–Crippen MR) is 88.5 cm³/mol. The lowest BCUT2D eigenvalue weighted by Crippen LogP contribution is -2.23. The summed E-state index contributed by atoms with van der Waals surface area (Å²) in [7, 11) is 0. The number of thioether (sulfide) groups is 2. The van der Waals surface area contributed by atoms with E-state index in [0.717, 1.165) is 23.3 Å². The first-order valence-corrected chi connectivity index (χ1v) is 8.93. The fourth-order valence-corrected chi connectivity index (χ4v) is 4.98. The van der Waals surface area contributed by atoms with Gasteiger partial charge in [-0.15, -0.1) is 0 Å². The van der Waals surface area contributed by atoms with Gasteiger partial charge in [0.1, 0.15) is 11.3 Å². The topological polar surface area (TPSA) is 24.9 Å². The monoisotopic (exact) mass is 308 g/mol. The van der Waals surface area contributed by atoms with Crippen LogP contribution in [0.2, 0.25) is 0 Å². The Balaban J connectivity index is 1.85. The first kappa shape index (κ1) is 14.0. The van der Waals surface area contributed by atoms with Crippen LogP contribution >= 0.6 is 23.5 Å². The van der Waals surface area contributed by atoms with Gasteiger partial charge in [0.15, 0.2) is 0 Å². The maximum Gasteiger partial charge on any atom is 0.149 e. The van der Waals surface area contributed by atoms with Crippen LogP contribution in [0.15, 0.2) is 24.3 Å². The second kappa shape index (κ2) is 6.22. The highest BCUT2D eigenvalue weighted by molar-refractivity contribution is 8.06. The predicted octanol–water partition coefficient (Wildman–Crippen LogP) is 3.94. The second-order valence-corrected chi connectivity index (χ2v) is 7.45. The third-order valence-electron chi connectivity index (χ3n) is 3.32. The van der Waals surface area contributed by atoms with E-state index in [0.29, 0.717) is 10.8 Å². The van der Waals surface area contributed by atoms with E-state index in [1.165, 1.54) is 23.3 Å². The van der Waals surface area contributed by atoms with Crippen LogP contribution in [0.4, 0.5) is 10.1 Å². The van der Waals surface area contributed by atoms with Gasteiger partial charge in [-0.25, -0.2) is 9.37 Å². The number of para-hydroxylation sites is 1. The lowest BCUT2D eigenvalue weighted by atomic mass is 10.1. The van der Waals surface area contributed by atoms with Crippen LogP contribution in [0.3, 0.4) is 0 Å². The van der Waals surface area contributed by atoms with Crippen molar-refractivity contribution in [3.63, 3.8) is 0 Å². The van der Waals surface area contributed by atoms with E-state index < -0.39 is 0 Å². The molecule has 1 aliphatic heterocycles. The van der Waals surface area contributed by atoms with Crippen LogP contribution in [-0.4, -0.2) is 34.0 Å². The largest absolute Gasteiger partial charge is 0.383 e. The third-order valence-corrected chi connectivity index (χ3v) is 6.17. The Hall–Kier alpha value is -0.940. The molecule has 0 saturated carbocycles. The zero-order chi connectivity index (χ0) is 13.9. The summed E-state index contributed by atoms with van der Waals surface area (Å²) in [4.78, 5) is 4.31. The summed E-state index contributed by atoms with van der Waals surface area (Å²) < 4.78 is 13.8. The van der Waals surface area contributed by atoms with E-state index in [9.17, 15) is 4.39 Å². The average molecular weight is 308 g/mol. The highest BCUT2D eigenvalue weighted by Gasteiger charge is 2.15. The van der Waals surface area contributed by atoms with Crippen molar-refractivity contribution in [2.24, 2.45) is 0 Å². The van der Waals surface area contributed by atoms with Crippen molar-refractivity contribution in [3.8, 4) is 0 Å². The number of fused-ring (bicyclic) bond motifs is 1. The number of anilines is 1. The summed E-state index contributed by atoms with van der Waals surface area (Å²) in [5.74, 6) is 3.41.